The molecule has 0 aliphatic carbocycles. The maximum absolute atomic E-state index is 12.3. The first kappa shape index (κ1) is 17.7. The third-order valence-electron chi connectivity index (χ3n) is 4.03. The fourth-order valence-corrected chi connectivity index (χ4v) is 4.30. The molecule has 0 radical (unpaired) electrons. The first-order valence-corrected chi connectivity index (χ1v) is 10.2. The summed E-state index contributed by atoms with van der Waals surface area (Å²) in [6.07, 6.45) is 2.22. The molecule has 0 saturated carbocycles. The fraction of sp³-hybridized carbons (Fsp3) is 0.312. The maximum Gasteiger partial charge on any atom is 0.242 e. The van der Waals surface area contributed by atoms with Crippen LogP contribution in [0, 0.1) is 5.92 Å². The number of aromatic nitrogens is 1. The van der Waals surface area contributed by atoms with Crippen LogP contribution in [-0.4, -0.2) is 33.0 Å². The van der Waals surface area contributed by atoms with E-state index in [4.69, 9.17) is 11.6 Å². The van der Waals surface area contributed by atoms with Gasteiger partial charge in [0.25, 0.3) is 0 Å². The molecule has 1 aliphatic rings. The Morgan fingerprint density at radius 1 is 1.33 bits per heavy atom. The van der Waals surface area contributed by atoms with Gasteiger partial charge in [-0.2, -0.15) is 0 Å². The highest BCUT2D eigenvalue weighted by molar-refractivity contribution is 9.10. The average molecular weight is 431 g/mol. The van der Waals surface area contributed by atoms with Crippen molar-refractivity contribution in [2.24, 2.45) is 5.92 Å². The summed E-state index contributed by atoms with van der Waals surface area (Å²) < 4.78 is 28.3. The van der Waals surface area contributed by atoms with Crippen molar-refractivity contribution in [3.8, 4) is 0 Å². The molecule has 1 N–H and O–H groups in total. The summed E-state index contributed by atoms with van der Waals surface area (Å²) in [6, 6.07) is 11.1. The number of nitrogens with zero attached hydrogens (tertiary/aromatic N) is 2. The van der Waals surface area contributed by atoms with E-state index in [0.29, 0.717) is 6.54 Å². The van der Waals surface area contributed by atoms with Crippen molar-refractivity contribution in [1.29, 1.82) is 0 Å². The molecule has 0 spiro atoms. The molecule has 2 aromatic rings. The normalized spacial score (nSPS) is 18.1. The molecule has 3 rings (SSSR count). The van der Waals surface area contributed by atoms with Crippen molar-refractivity contribution >= 4 is 43.2 Å². The second kappa shape index (κ2) is 7.39. The second-order valence-electron chi connectivity index (χ2n) is 5.75. The molecule has 5 nitrogen and oxygen atoms in total. The first-order valence-electron chi connectivity index (χ1n) is 7.56. The van der Waals surface area contributed by atoms with E-state index >= 15 is 0 Å². The van der Waals surface area contributed by atoms with Gasteiger partial charge < -0.3 is 4.90 Å². The van der Waals surface area contributed by atoms with E-state index in [1.807, 2.05) is 12.1 Å². The minimum atomic E-state index is -3.55. The van der Waals surface area contributed by atoms with Crippen molar-refractivity contribution in [2.75, 3.05) is 24.5 Å². The van der Waals surface area contributed by atoms with Gasteiger partial charge in [0.05, 0.1) is 0 Å². The number of nitrogens with one attached hydrogen (secondary N) is 1. The summed E-state index contributed by atoms with van der Waals surface area (Å²) in [5.74, 6) is 0.277. The second-order valence-corrected chi connectivity index (χ2v) is 8.82. The van der Waals surface area contributed by atoms with Crippen LogP contribution >= 0.6 is 27.5 Å². The van der Waals surface area contributed by atoms with Gasteiger partial charge in [0.15, 0.2) is 0 Å². The predicted molar refractivity (Wildman–Crippen MR) is 98.9 cm³/mol. The van der Waals surface area contributed by atoms with E-state index in [1.165, 1.54) is 18.3 Å². The zero-order chi connectivity index (χ0) is 17.2. The van der Waals surface area contributed by atoms with Gasteiger partial charge in [0.2, 0.25) is 10.0 Å². The Labute approximate surface area is 155 Å². The van der Waals surface area contributed by atoms with Gasteiger partial charge in [-0.25, -0.2) is 18.1 Å². The number of rotatable bonds is 5. The lowest BCUT2D eigenvalue weighted by Gasteiger charge is -2.19. The van der Waals surface area contributed by atoms with Crippen molar-refractivity contribution in [3.05, 3.63) is 52.2 Å². The van der Waals surface area contributed by atoms with Crippen LogP contribution in [0.5, 0.6) is 0 Å². The zero-order valence-corrected chi connectivity index (χ0v) is 16.0. The van der Waals surface area contributed by atoms with Gasteiger partial charge in [0, 0.05) is 36.0 Å². The summed E-state index contributed by atoms with van der Waals surface area (Å²) in [6.45, 7) is 2.17. The third-order valence-corrected chi connectivity index (χ3v) is 6.16. The van der Waals surface area contributed by atoms with Crippen LogP contribution in [0.1, 0.15) is 6.42 Å². The monoisotopic (exact) mass is 429 g/mol. The van der Waals surface area contributed by atoms with E-state index in [2.05, 4.69) is 42.7 Å². The van der Waals surface area contributed by atoms with Crippen molar-refractivity contribution < 1.29 is 8.42 Å². The molecule has 128 valence electrons. The topological polar surface area (TPSA) is 62.3 Å². The molecule has 1 fully saturated rings. The number of sulfonamides is 1. The van der Waals surface area contributed by atoms with Crippen LogP contribution < -0.4 is 9.62 Å². The smallest absolute Gasteiger partial charge is 0.242 e. The SMILES string of the molecule is O=S(=O)(NC[C@H]1CCN(c2cccc(Br)c2)C1)c1ccc(Cl)nc1. The number of hydrogen-bond donors (Lipinski definition) is 1. The Kier molecular flexibility index (Phi) is 5.44. The van der Waals surface area contributed by atoms with E-state index in [9.17, 15) is 8.42 Å². The number of halogens is 2. The Hall–Kier alpha value is -1.15. The molecule has 1 saturated heterocycles. The van der Waals surface area contributed by atoms with Crippen LogP contribution in [0.2, 0.25) is 5.15 Å². The highest BCUT2D eigenvalue weighted by Gasteiger charge is 2.25. The zero-order valence-electron chi connectivity index (χ0n) is 12.8. The van der Waals surface area contributed by atoms with Crippen molar-refractivity contribution in [1.82, 2.24) is 9.71 Å². The molecule has 0 unspecified atom stereocenters. The molecule has 0 bridgehead atoms. The molecule has 2 heterocycles. The van der Waals surface area contributed by atoms with Crippen molar-refractivity contribution in [2.45, 2.75) is 11.3 Å². The van der Waals surface area contributed by atoms with E-state index in [1.54, 1.807) is 0 Å². The summed E-state index contributed by atoms with van der Waals surface area (Å²) in [5, 5.41) is 0.273. The van der Waals surface area contributed by atoms with E-state index < -0.39 is 10.0 Å². The van der Waals surface area contributed by atoms with Crippen LogP contribution in [0.4, 0.5) is 5.69 Å². The highest BCUT2D eigenvalue weighted by Crippen LogP contribution is 2.26. The van der Waals surface area contributed by atoms with E-state index in [0.717, 1.165) is 29.7 Å². The standard InChI is InChI=1S/C16H17BrClN3O2S/c17-13-2-1-3-14(8-13)21-7-6-12(11-21)9-20-24(22,23)15-4-5-16(18)19-10-15/h1-5,8,10,12,20H,6-7,9,11H2/t12-/m1/s1. The van der Waals surface area contributed by atoms with Crippen LogP contribution in [0.15, 0.2) is 52.0 Å². The molecule has 0 amide bonds. The molecule has 1 aliphatic heterocycles. The molecule has 1 aromatic heterocycles. The summed E-state index contributed by atoms with van der Waals surface area (Å²) in [5.41, 5.74) is 1.15. The van der Waals surface area contributed by atoms with Crippen LogP contribution in [0.3, 0.4) is 0 Å². The highest BCUT2D eigenvalue weighted by atomic mass is 79.9. The Morgan fingerprint density at radius 2 is 2.17 bits per heavy atom. The van der Waals surface area contributed by atoms with Gasteiger partial charge in [-0.05, 0) is 42.7 Å². The molecule has 1 atom stereocenters. The summed E-state index contributed by atoms with van der Waals surface area (Å²) >= 11 is 9.17. The quantitative estimate of drug-likeness (QED) is 0.739. The van der Waals surface area contributed by atoms with Crippen LogP contribution in [0.25, 0.3) is 0 Å². The number of benzene rings is 1. The predicted octanol–water partition coefficient (Wildman–Crippen LogP) is 3.30. The lowest BCUT2D eigenvalue weighted by atomic mass is 10.1. The average Bonchev–Trinajstić information content (AvgIpc) is 3.03. The lowest BCUT2D eigenvalue weighted by Crippen LogP contribution is -2.31. The van der Waals surface area contributed by atoms with Gasteiger partial charge in [-0.3, -0.25) is 0 Å². The van der Waals surface area contributed by atoms with Gasteiger partial charge in [0.1, 0.15) is 10.0 Å². The maximum atomic E-state index is 12.3. The third kappa shape index (κ3) is 4.27. The van der Waals surface area contributed by atoms with Gasteiger partial charge in [-0.15, -0.1) is 0 Å². The molecule has 8 heteroatoms. The fourth-order valence-electron chi connectivity index (χ4n) is 2.74. The molecule has 24 heavy (non-hydrogen) atoms. The van der Waals surface area contributed by atoms with Crippen LogP contribution in [-0.2, 0) is 10.0 Å². The lowest BCUT2D eigenvalue weighted by molar-refractivity contribution is 0.541. The first-order chi connectivity index (χ1) is 11.4. The van der Waals surface area contributed by atoms with Gasteiger partial charge in [-0.1, -0.05) is 33.6 Å². The summed E-state index contributed by atoms with van der Waals surface area (Å²) in [4.78, 5) is 6.22. The minimum Gasteiger partial charge on any atom is -0.371 e. The number of hydrogen-bond acceptors (Lipinski definition) is 4. The number of pyridine rings is 1. The largest absolute Gasteiger partial charge is 0.371 e. The molecule has 1 aromatic carbocycles. The Bertz CT molecular complexity index is 814. The summed E-state index contributed by atoms with van der Waals surface area (Å²) in [7, 11) is -3.55. The minimum absolute atomic E-state index is 0.133. The molecular weight excluding hydrogens is 414 g/mol. The van der Waals surface area contributed by atoms with Crippen molar-refractivity contribution in [3.63, 3.8) is 0 Å². The molecular formula is C16H17BrClN3O2S. The van der Waals surface area contributed by atoms with Gasteiger partial charge >= 0.3 is 0 Å². The van der Waals surface area contributed by atoms with E-state index in [-0.39, 0.29) is 16.0 Å². The number of anilines is 1. The Morgan fingerprint density at radius 3 is 2.88 bits per heavy atom. The Balaban J connectivity index is 1.59.